The van der Waals surface area contributed by atoms with Gasteiger partial charge >= 0.3 is 0 Å². The van der Waals surface area contributed by atoms with E-state index in [0.29, 0.717) is 10.0 Å². The zero-order valence-electron chi connectivity index (χ0n) is 7.37. The molecule has 0 fully saturated rings. The largest absolute Gasteiger partial charge is 0.0827 e. The molecule has 0 N–H and O–H groups in total. The van der Waals surface area contributed by atoms with Crippen LogP contribution in [0, 0.1) is 0 Å². The second-order valence-electron chi connectivity index (χ2n) is 2.97. The fourth-order valence-corrected chi connectivity index (χ4v) is 1.75. The van der Waals surface area contributed by atoms with Gasteiger partial charge in [0.15, 0.2) is 0 Å². The highest BCUT2D eigenvalue weighted by Crippen LogP contribution is 2.32. The number of benzene rings is 2. The van der Waals surface area contributed by atoms with Crippen LogP contribution in [-0.4, -0.2) is 0 Å². The normalized spacial score (nSPS) is 9.47. The molecule has 0 atom stereocenters. The second-order valence-corrected chi connectivity index (χ2v) is 3.75. The van der Waals surface area contributed by atoms with Gasteiger partial charge < -0.3 is 0 Å². The van der Waals surface area contributed by atoms with E-state index >= 15 is 0 Å². The summed E-state index contributed by atoms with van der Waals surface area (Å²) in [6, 6.07) is 15.6. The highest BCUT2D eigenvalue weighted by atomic mass is 35.5. The predicted molar refractivity (Wildman–Crippen MR) is 68.6 cm³/mol. The topological polar surface area (TPSA) is 0 Å². The van der Waals surface area contributed by atoms with Crippen molar-refractivity contribution in [3.05, 3.63) is 58.6 Å². The molecule has 2 aromatic rings. The van der Waals surface area contributed by atoms with Gasteiger partial charge in [-0.3, -0.25) is 0 Å². The van der Waals surface area contributed by atoms with E-state index in [9.17, 15) is 0 Å². The second kappa shape index (κ2) is 5.20. The molecule has 0 amide bonds. The smallest absolute Gasteiger partial charge is 0.0670 e. The van der Waals surface area contributed by atoms with E-state index in [1.807, 2.05) is 42.5 Å². The van der Waals surface area contributed by atoms with Crippen LogP contribution >= 0.6 is 23.2 Å². The molecule has 0 aliphatic heterocycles. The van der Waals surface area contributed by atoms with Crippen LogP contribution in [0.4, 0.5) is 0 Å². The summed E-state index contributed by atoms with van der Waals surface area (Å²) >= 11 is 12.0. The monoisotopic (exact) mass is 238 g/mol. The Labute approximate surface area is 100 Å². The van der Waals surface area contributed by atoms with Gasteiger partial charge in [0.05, 0.1) is 10.0 Å². The maximum Gasteiger partial charge on any atom is 0.0670 e. The molecule has 15 heavy (non-hydrogen) atoms. The van der Waals surface area contributed by atoms with Gasteiger partial charge in [-0.15, -0.1) is 0 Å². The van der Waals surface area contributed by atoms with Crippen molar-refractivity contribution in [2.24, 2.45) is 0 Å². The summed E-state index contributed by atoms with van der Waals surface area (Å²) < 4.78 is 0. The summed E-state index contributed by atoms with van der Waals surface area (Å²) in [6.07, 6.45) is 0. The Balaban J connectivity index is 0.00000112. The highest BCUT2D eigenvalue weighted by Gasteiger charge is 2.05. The molecule has 0 aliphatic rings. The minimum atomic E-state index is 0. The van der Waals surface area contributed by atoms with Crippen molar-refractivity contribution in [2.45, 2.75) is 7.43 Å². The lowest BCUT2D eigenvalue weighted by Gasteiger charge is -2.04. The van der Waals surface area contributed by atoms with Gasteiger partial charge in [0.25, 0.3) is 0 Å². The van der Waals surface area contributed by atoms with E-state index in [2.05, 4.69) is 0 Å². The maximum atomic E-state index is 6.10. The Kier molecular flexibility index (Phi) is 4.19. The van der Waals surface area contributed by atoms with Gasteiger partial charge in [-0.25, -0.2) is 0 Å². The Hall–Kier alpha value is -0.980. The van der Waals surface area contributed by atoms with Crippen LogP contribution in [0.5, 0.6) is 0 Å². The van der Waals surface area contributed by atoms with E-state index in [0.717, 1.165) is 11.1 Å². The van der Waals surface area contributed by atoms with Crippen LogP contribution < -0.4 is 0 Å². The van der Waals surface area contributed by atoms with Crippen LogP contribution in [0.1, 0.15) is 7.43 Å². The van der Waals surface area contributed by atoms with Crippen LogP contribution in [0.2, 0.25) is 10.0 Å². The predicted octanol–water partition coefficient (Wildman–Crippen LogP) is 5.30. The number of hydrogen-bond donors (Lipinski definition) is 0. The summed E-state index contributed by atoms with van der Waals surface area (Å²) in [6.45, 7) is 0. The van der Waals surface area contributed by atoms with Crippen LogP contribution in [0.25, 0.3) is 11.1 Å². The van der Waals surface area contributed by atoms with E-state index in [4.69, 9.17) is 23.2 Å². The lowest BCUT2D eigenvalue weighted by Crippen LogP contribution is -1.79. The molecular formula is C13H12Cl2. The summed E-state index contributed by atoms with van der Waals surface area (Å²) in [5.41, 5.74) is 2.06. The minimum Gasteiger partial charge on any atom is -0.0827 e. The molecule has 0 bridgehead atoms. The molecule has 0 aromatic heterocycles. The van der Waals surface area contributed by atoms with Crippen molar-refractivity contribution in [2.75, 3.05) is 0 Å². The first-order valence-electron chi connectivity index (χ1n) is 4.28. The standard InChI is InChI=1S/C12H8Cl2.CH4/c13-11-8-4-7-10(12(11)14)9-5-2-1-3-6-9;/h1-8H;1H4. The number of rotatable bonds is 1. The average Bonchev–Trinajstić information content (AvgIpc) is 2.23. The van der Waals surface area contributed by atoms with Gasteiger partial charge in [0.2, 0.25) is 0 Å². The zero-order chi connectivity index (χ0) is 9.97. The first kappa shape index (κ1) is 12.1. The molecule has 2 aromatic carbocycles. The fraction of sp³-hybridized carbons (Fsp3) is 0.0769. The van der Waals surface area contributed by atoms with Gasteiger partial charge in [0.1, 0.15) is 0 Å². The van der Waals surface area contributed by atoms with Crippen LogP contribution in [0.15, 0.2) is 48.5 Å². The summed E-state index contributed by atoms with van der Waals surface area (Å²) in [5.74, 6) is 0. The molecule has 2 rings (SSSR count). The number of hydrogen-bond acceptors (Lipinski definition) is 0. The Morgan fingerprint density at radius 1 is 0.733 bits per heavy atom. The van der Waals surface area contributed by atoms with Crippen molar-refractivity contribution in [1.29, 1.82) is 0 Å². The highest BCUT2D eigenvalue weighted by molar-refractivity contribution is 6.43. The van der Waals surface area contributed by atoms with Crippen LogP contribution in [-0.2, 0) is 0 Å². The number of halogens is 2. The first-order valence-corrected chi connectivity index (χ1v) is 5.04. The third-order valence-electron chi connectivity index (χ3n) is 2.04. The lowest BCUT2D eigenvalue weighted by atomic mass is 10.1. The molecule has 0 radical (unpaired) electrons. The van der Waals surface area contributed by atoms with E-state index < -0.39 is 0 Å². The Morgan fingerprint density at radius 3 is 2.07 bits per heavy atom. The molecule has 0 heterocycles. The fourth-order valence-electron chi connectivity index (χ4n) is 1.34. The van der Waals surface area contributed by atoms with Gasteiger partial charge in [-0.05, 0) is 11.6 Å². The van der Waals surface area contributed by atoms with Crippen molar-refractivity contribution in [3.63, 3.8) is 0 Å². The molecule has 0 saturated heterocycles. The van der Waals surface area contributed by atoms with Crippen molar-refractivity contribution in [3.8, 4) is 11.1 Å². The Bertz CT molecular complexity index is 436. The van der Waals surface area contributed by atoms with Gasteiger partial charge in [0, 0.05) is 5.56 Å². The molecule has 0 saturated carbocycles. The van der Waals surface area contributed by atoms with E-state index in [1.165, 1.54) is 0 Å². The third kappa shape index (κ3) is 2.53. The quantitative estimate of drug-likeness (QED) is 0.633. The molecule has 78 valence electrons. The molecular weight excluding hydrogens is 227 g/mol. The lowest BCUT2D eigenvalue weighted by molar-refractivity contribution is 1.62. The molecule has 0 spiro atoms. The maximum absolute atomic E-state index is 6.10. The summed E-state index contributed by atoms with van der Waals surface area (Å²) in [5, 5.41) is 1.20. The molecule has 0 nitrogen and oxygen atoms in total. The van der Waals surface area contributed by atoms with E-state index in [1.54, 1.807) is 6.07 Å². The molecule has 0 unspecified atom stereocenters. The van der Waals surface area contributed by atoms with Gasteiger partial charge in [-0.2, -0.15) is 0 Å². The molecule has 2 heteroatoms. The third-order valence-corrected chi connectivity index (χ3v) is 2.86. The zero-order valence-corrected chi connectivity index (χ0v) is 8.89. The first-order chi connectivity index (χ1) is 6.79. The SMILES string of the molecule is C.Clc1cccc(-c2ccccc2)c1Cl. The van der Waals surface area contributed by atoms with Crippen LogP contribution in [0.3, 0.4) is 0 Å². The van der Waals surface area contributed by atoms with Gasteiger partial charge in [-0.1, -0.05) is 73.1 Å². The van der Waals surface area contributed by atoms with Crippen molar-refractivity contribution < 1.29 is 0 Å². The minimum absolute atomic E-state index is 0. The summed E-state index contributed by atoms with van der Waals surface area (Å²) in [7, 11) is 0. The summed E-state index contributed by atoms with van der Waals surface area (Å²) in [4.78, 5) is 0. The average molecular weight is 239 g/mol. The van der Waals surface area contributed by atoms with E-state index in [-0.39, 0.29) is 7.43 Å². The Morgan fingerprint density at radius 2 is 1.40 bits per heavy atom. The van der Waals surface area contributed by atoms with Crippen molar-refractivity contribution >= 4 is 23.2 Å². The molecule has 0 aliphatic carbocycles. The van der Waals surface area contributed by atoms with Crippen molar-refractivity contribution in [1.82, 2.24) is 0 Å².